The molecule has 2 atom stereocenters. The molecule has 1 N–H and O–H groups in total. The zero-order chi connectivity index (χ0) is 15.6. The maximum Gasteiger partial charge on any atom is 0.306 e. The molecule has 0 amide bonds. The van der Waals surface area contributed by atoms with Crippen molar-refractivity contribution in [1.29, 1.82) is 0 Å². The van der Waals surface area contributed by atoms with Crippen molar-refractivity contribution >= 4 is 16.0 Å². The molecule has 1 aliphatic heterocycles. The lowest BCUT2D eigenvalue weighted by Crippen LogP contribution is -2.45. The Morgan fingerprint density at radius 1 is 1.33 bits per heavy atom. The molecule has 7 heteroatoms. The highest BCUT2D eigenvalue weighted by Gasteiger charge is 2.36. The van der Waals surface area contributed by atoms with E-state index >= 15 is 0 Å². The topological polar surface area (TPSA) is 83.9 Å². The van der Waals surface area contributed by atoms with Gasteiger partial charge in [0.25, 0.3) is 0 Å². The maximum atomic E-state index is 12.6. The molecular formula is C14H19NO5S. The summed E-state index contributed by atoms with van der Waals surface area (Å²) in [6.45, 7) is 1.97. The van der Waals surface area contributed by atoms with Crippen molar-refractivity contribution in [3.8, 4) is 5.75 Å². The summed E-state index contributed by atoms with van der Waals surface area (Å²) in [5.41, 5.74) is 0. The highest BCUT2D eigenvalue weighted by Crippen LogP contribution is 2.29. The molecule has 6 nitrogen and oxygen atoms in total. The molecule has 1 aliphatic rings. The number of rotatable bonds is 4. The number of benzene rings is 1. The average molecular weight is 313 g/mol. The molecule has 116 valence electrons. The molecule has 2 rings (SSSR count). The van der Waals surface area contributed by atoms with E-state index in [9.17, 15) is 13.2 Å². The van der Waals surface area contributed by atoms with E-state index in [2.05, 4.69) is 0 Å². The quantitative estimate of drug-likeness (QED) is 0.912. The first-order valence-corrected chi connectivity index (χ1v) is 8.19. The Kier molecular flexibility index (Phi) is 4.53. The van der Waals surface area contributed by atoms with Crippen LogP contribution in [0.4, 0.5) is 0 Å². The van der Waals surface area contributed by atoms with Gasteiger partial charge in [-0.3, -0.25) is 4.79 Å². The summed E-state index contributed by atoms with van der Waals surface area (Å²) in [4.78, 5) is 11.2. The minimum absolute atomic E-state index is 0.198. The van der Waals surface area contributed by atoms with Gasteiger partial charge in [-0.15, -0.1) is 0 Å². The Bertz CT molecular complexity index is 611. The second-order valence-electron chi connectivity index (χ2n) is 5.20. The SMILES string of the molecule is COc1ccc(S(=O)(=O)N2CCC(C(=O)O)CC2C)cc1. The molecule has 0 radical (unpaired) electrons. The van der Waals surface area contributed by atoms with Crippen molar-refractivity contribution < 1.29 is 23.1 Å². The fraction of sp³-hybridized carbons (Fsp3) is 0.500. The number of methoxy groups -OCH3 is 1. The van der Waals surface area contributed by atoms with Crippen molar-refractivity contribution in [3.05, 3.63) is 24.3 Å². The smallest absolute Gasteiger partial charge is 0.306 e. The number of hydrogen-bond donors (Lipinski definition) is 1. The molecule has 0 spiro atoms. The molecule has 2 unspecified atom stereocenters. The number of nitrogens with zero attached hydrogens (tertiary/aromatic N) is 1. The van der Waals surface area contributed by atoms with Crippen LogP contribution in [0.1, 0.15) is 19.8 Å². The third-order valence-electron chi connectivity index (χ3n) is 3.83. The summed E-state index contributed by atoms with van der Waals surface area (Å²) in [6, 6.07) is 5.88. The predicted molar refractivity (Wildman–Crippen MR) is 76.7 cm³/mol. The van der Waals surface area contributed by atoms with Gasteiger partial charge < -0.3 is 9.84 Å². The molecule has 1 aromatic rings. The number of sulfonamides is 1. The Balaban J connectivity index is 2.21. The monoisotopic (exact) mass is 313 g/mol. The second-order valence-corrected chi connectivity index (χ2v) is 7.09. The van der Waals surface area contributed by atoms with Crippen molar-refractivity contribution in [2.45, 2.75) is 30.7 Å². The molecule has 0 saturated carbocycles. The number of piperidine rings is 1. The third kappa shape index (κ3) is 3.19. The van der Waals surface area contributed by atoms with Crippen LogP contribution >= 0.6 is 0 Å². The highest BCUT2D eigenvalue weighted by atomic mass is 32.2. The van der Waals surface area contributed by atoms with Gasteiger partial charge in [0.05, 0.1) is 17.9 Å². The zero-order valence-electron chi connectivity index (χ0n) is 12.0. The number of carboxylic acid groups (broad SMARTS) is 1. The van der Waals surface area contributed by atoms with E-state index in [0.717, 1.165) is 0 Å². The number of carboxylic acids is 1. The summed E-state index contributed by atoms with van der Waals surface area (Å²) in [5.74, 6) is -0.739. The molecule has 0 aromatic heterocycles. The average Bonchev–Trinajstić information content (AvgIpc) is 2.46. The van der Waals surface area contributed by atoms with Crippen LogP contribution in [0.5, 0.6) is 5.75 Å². The number of aliphatic carboxylic acids is 1. The largest absolute Gasteiger partial charge is 0.497 e. The van der Waals surface area contributed by atoms with E-state index in [1.165, 1.54) is 23.5 Å². The van der Waals surface area contributed by atoms with Gasteiger partial charge in [-0.1, -0.05) is 0 Å². The lowest BCUT2D eigenvalue weighted by molar-refractivity contribution is -0.143. The molecular weight excluding hydrogens is 294 g/mol. The van der Waals surface area contributed by atoms with Crippen LogP contribution in [-0.4, -0.2) is 43.5 Å². The van der Waals surface area contributed by atoms with Crippen LogP contribution in [0.2, 0.25) is 0 Å². The van der Waals surface area contributed by atoms with Crippen LogP contribution in [0, 0.1) is 5.92 Å². The molecule has 1 aromatic carbocycles. The number of ether oxygens (including phenoxy) is 1. The summed E-state index contributed by atoms with van der Waals surface area (Å²) >= 11 is 0. The van der Waals surface area contributed by atoms with E-state index in [0.29, 0.717) is 18.6 Å². The summed E-state index contributed by atoms with van der Waals surface area (Å²) in [6.07, 6.45) is 0.680. The van der Waals surface area contributed by atoms with Crippen molar-refractivity contribution in [2.24, 2.45) is 5.92 Å². The molecule has 1 fully saturated rings. The van der Waals surface area contributed by atoms with Crippen LogP contribution in [0.15, 0.2) is 29.2 Å². The van der Waals surface area contributed by atoms with Gasteiger partial charge in [-0.2, -0.15) is 4.31 Å². The minimum Gasteiger partial charge on any atom is -0.497 e. The van der Waals surface area contributed by atoms with Gasteiger partial charge in [-0.25, -0.2) is 8.42 Å². The van der Waals surface area contributed by atoms with Crippen LogP contribution in [0.25, 0.3) is 0 Å². The molecule has 1 heterocycles. The highest BCUT2D eigenvalue weighted by molar-refractivity contribution is 7.89. The first-order valence-electron chi connectivity index (χ1n) is 6.75. The maximum absolute atomic E-state index is 12.6. The Hall–Kier alpha value is -1.60. The Labute approximate surface area is 124 Å². The molecule has 0 aliphatic carbocycles. The van der Waals surface area contributed by atoms with Crippen LogP contribution in [0.3, 0.4) is 0 Å². The second kappa shape index (κ2) is 6.03. The lowest BCUT2D eigenvalue weighted by Gasteiger charge is -2.35. The van der Waals surface area contributed by atoms with Gasteiger partial charge in [0.15, 0.2) is 0 Å². The third-order valence-corrected chi connectivity index (χ3v) is 5.86. The van der Waals surface area contributed by atoms with Crippen molar-refractivity contribution in [1.82, 2.24) is 4.31 Å². The standard InChI is InChI=1S/C14H19NO5S/c1-10-9-11(14(16)17)7-8-15(10)21(18,19)13-5-3-12(20-2)4-6-13/h3-6,10-11H,7-9H2,1-2H3,(H,16,17). The van der Waals surface area contributed by atoms with E-state index in [-0.39, 0.29) is 17.5 Å². The molecule has 21 heavy (non-hydrogen) atoms. The number of hydrogen-bond acceptors (Lipinski definition) is 4. The zero-order valence-corrected chi connectivity index (χ0v) is 12.8. The Morgan fingerprint density at radius 2 is 1.95 bits per heavy atom. The van der Waals surface area contributed by atoms with Gasteiger partial charge in [0.2, 0.25) is 10.0 Å². The minimum atomic E-state index is -3.60. The fourth-order valence-corrected chi connectivity index (χ4v) is 4.27. The van der Waals surface area contributed by atoms with Gasteiger partial charge in [0.1, 0.15) is 5.75 Å². The van der Waals surface area contributed by atoms with E-state index < -0.39 is 21.9 Å². The van der Waals surface area contributed by atoms with Crippen LogP contribution < -0.4 is 4.74 Å². The van der Waals surface area contributed by atoms with E-state index in [1.54, 1.807) is 19.1 Å². The summed E-state index contributed by atoms with van der Waals surface area (Å²) in [7, 11) is -2.08. The first-order chi connectivity index (χ1) is 9.86. The van der Waals surface area contributed by atoms with Gasteiger partial charge >= 0.3 is 5.97 Å². The fourth-order valence-electron chi connectivity index (χ4n) is 2.62. The van der Waals surface area contributed by atoms with Gasteiger partial charge in [0, 0.05) is 12.6 Å². The van der Waals surface area contributed by atoms with E-state index in [1.807, 2.05) is 0 Å². The van der Waals surface area contributed by atoms with Gasteiger partial charge in [-0.05, 0) is 44.0 Å². The van der Waals surface area contributed by atoms with Crippen molar-refractivity contribution in [3.63, 3.8) is 0 Å². The van der Waals surface area contributed by atoms with Crippen LogP contribution in [-0.2, 0) is 14.8 Å². The lowest BCUT2D eigenvalue weighted by atomic mass is 9.93. The summed E-state index contributed by atoms with van der Waals surface area (Å²) in [5, 5.41) is 9.04. The van der Waals surface area contributed by atoms with E-state index in [4.69, 9.17) is 9.84 Å². The van der Waals surface area contributed by atoms with Crippen molar-refractivity contribution in [2.75, 3.05) is 13.7 Å². The normalized spacial score (nSPS) is 23.7. The summed E-state index contributed by atoms with van der Waals surface area (Å²) < 4.78 is 31.6. The number of carbonyl (C=O) groups is 1. The molecule has 1 saturated heterocycles. The Morgan fingerprint density at radius 3 is 2.43 bits per heavy atom. The molecule has 0 bridgehead atoms. The first kappa shape index (κ1) is 15.8. The predicted octanol–water partition coefficient (Wildman–Crippen LogP) is 1.57.